The van der Waals surface area contributed by atoms with E-state index in [1.807, 2.05) is 31.2 Å². The van der Waals surface area contributed by atoms with Gasteiger partial charge in [0.25, 0.3) is 0 Å². The molecule has 0 amide bonds. The molecule has 1 N–H and O–H groups in total. The molecule has 5 nitrogen and oxygen atoms in total. The maximum atomic E-state index is 4.20. The molecule has 19 heavy (non-hydrogen) atoms. The zero-order valence-electron chi connectivity index (χ0n) is 11.8. The first-order chi connectivity index (χ1) is 9.27. The van der Waals surface area contributed by atoms with Crippen molar-refractivity contribution in [2.24, 2.45) is 0 Å². The molecule has 0 aromatic carbocycles. The van der Waals surface area contributed by atoms with E-state index in [0.29, 0.717) is 6.04 Å². The summed E-state index contributed by atoms with van der Waals surface area (Å²) in [5.41, 5.74) is 1.25. The second-order valence-corrected chi connectivity index (χ2v) is 5.07. The third-order valence-corrected chi connectivity index (χ3v) is 3.19. The predicted molar refractivity (Wildman–Crippen MR) is 75.8 cm³/mol. The van der Waals surface area contributed by atoms with Gasteiger partial charge in [-0.2, -0.15) is 0 Å². The topological polar surface area (TPSA) is 47.7 Å². The number of imidazole rings is 2. The van der Waals surface area contributed by atoms with Crippen molar-refractivity contribution in [1.29, 1.82) is 0 Å². The highest BCUT2D eigenvalue weighted by molar-refractivity contribution is 4.99. The number of aryl methyl sites for hydroxylation is 1. The number of hydrogen-bond donors (Lipinski definition) is 1. The van der Waals surface area contributed by atoms with Crippen LogP contribution < -0.4 is 5.32 Å². The van der Waals surface area contributed by atoms with E-state index in [-0.39, 0.29) is 0 Å². The van der Waals surface area contributed by atoms with Crippen LogP contribution >= 0.6 is 0 Å². The average Bonchev–Trinajstić information content (AvgIpc) is 3.04. The molecule has 0 aliphatic rings. The van der Waals surface area contributed by atoms with E-state index in [0.717, 1.165) is 19.6 Å². The summed E-state index contributed by atoms with van der Waals surface area (Å²) in [6, 6.07) is 0.473. The fraction of sp³-hybridized carbons (Fsp3) is 0.571. The number of unbranched alkanes of at least 4 members (excludes halogenated alkanes) is 1. The molecule has 5 heteroatoms. The van der Waals surface area contributed by atoms with Gasteiger partial charge in [-0.05, 0) is 33.2 Å². The van der Waals surface area contributed by atoms with Crippen LogP contribution in [0.4, 0.5) is 0 Å². The van der Waals surface area contributed by atoms with Crippen LogP contribution in [0, 0.1) is 0 Å². The Balaban J connectivity index is 1.60. The van der Waals surface area contributed by atoms with Gasteiger partial charge in [-0.1, -0.05) is 0 Å². The highest BCUT2D eigenvalue weighted by Gasteiger charge is 2.04. The van der Waals surface area contributed by atoms with E-state index in [1.165, 1.54) is 18.5 Å². The second-order valence-electron chi connectivity index (χ2n) is 5.07. The Morgan fingerprint density at radius 2 is 2.11 bits per heavy atom. The van der Waals surface area contributed by atoms with Crippen LogP contribution in [-0.2, 0) is 13.1 Å². The summed E-state index contributed by atoms with van der Waals surface area (Å²) >= 11 is 0. The minimum absolute atomic E-state index is 0.473. The maximum absolute atomic E-state index is 4.20. The maximum Gasteiger partial charge on any atom is 0.0951 e. The molecule has 0 bridgehead atoms. The van der Waals surface area contributed by atoms with Gasteiger partial charge in [0.05, 0.1) is 18.3 Å². The first-order valence-electron chi connectivity index (χ1n) is 6.94. The van der Waals surface area contributed by atoms with Gasteiger partial charge >= 0.3 is 0 Å². The van der Waals surface area contributed by atoms with Crippen LogP contribution in [0.25, 0.3) is 0 Å². The second kappa shape index (κ2) is 7.09. The van der Waals surface area contributed by atoms with E-state index in [9.17, 15) is 0 Å². The SMILES string of the molecule is CC(C)n1cncc1CNCCCCn1ccnc1. The third kappa shape index (κ3) is 4.21. The average molecular weight is 261 g/mol. The summed E-state index contributed by atoms with van der Waals surface area (Å²) < 4.78 is 4.33. The van der Waals surface area contributed by atoms with Gasteiger partial charge in [0.2, 0.25) is 0 Å². The molecular formula is C14H23N5. The summed E-state index contributed by atoms with van der Waals surface area (Å²) in [5, 5.41) is 3.48. The summed E-state index contributed by atoms with van der Waals surface area (Å²) in [7, 11) is 0. The van der Waals surface area contributed by atoms with Crippen molar-refractivity contribution in [3.63, 3.8) is 0 Å². The molecule has 2 heterocycles. The molecule has 0 unspecified atom stereocenters. The Bertz CT molecular complexity index is 458. The smallest absolute Gasteiger partial charge is 0.0951 e. The van der Waals surface area contributed by atoms with E-state index in [4.69, 9.17) is 0 Å². The Kier molecular flexibility index (Phi) is 5.15. The molecule has 0 fully saturated rings. The van der Waals surface area contributed by atoms with Crippen molar-refractivity contribution in [3.05, 3.63) is 36.9 Å². The monoisotopic (exact) mass is 261 g/mol. The van der Waals surface area contributed by atoms with Crippen molar-refractivity contribution < 1.29 is 0 Å². The molecule has 0 radical (unpaired) electrons. The van der Waals surface area contributed by atoms with E-state index in [2.05, 4.69) is 38.3 Å². The third-order valence-electron chi connectivity index (χ3n) is 3.19. The van der Waals surface area contributed by atoms with Crippen LogP contribution in [-0.4, -0.2) is 25.6 Å². The molecule has 2 aromatic rings. The lowest BCUT2D eigenvalue weighted by molar-refractivity contribution is 0.532. The summed E-state index contributed by atoms with van der Waals surface area (Å²) in [4.78, 5) is 8.24. The van der Waals surface area contributed by atoms with Crippen molar-refractivity contribution in [2.45, 2.75) is 45.8 Å². The molecular weight excluding hydrogens is 238 g/mol. The zero-order chi connectivity index (χ0) is 13.5. The van der Waals surface area contributed by atoms with Crippen molar-refractivity contribution in [2.75, 3.05) is 6.54 Å². The van der Waals surface area contributed by atoms with E-state index in [1.54, 1.807) is 0 Å². The van der Waals surface area contributed by atoms with E-state index >= 15 is 0 Å². The first-order valence-corrected chi connectivity index (χ1v) is 6.94. The highest BCUT2D eigenvalue weighted by atomic mass is 15.1. The Labute approximate surface area is 114 Å². The molecule has 0 aliphatic carbocycles. The summed E-state index contributed by atoms with van der Waals surface area (Å²) in [5.74, 6) is 0. The molecule has 2 rings (SSSR count). The Morgan fingerprint density at radius 1 is 1.21 bits per heavy atom. The zero-order valence-corrected chi connectivity index (χ0v) is 11.8. The van der Waals surface area contributed by atoms with Gasteiger partial charge < -0.3 is 14.5 Å². The standard InChI is InChI=1S/C14H23N5/c1-13(2)19-12-17-10-14(19)9-15-5-3-4-7-18-8-6-16-11-18/h6,8,10-13,15H,3-5,7,9H2,1-2H3. The number of rotatable bonds is 8. The molecule has 2 aromatic heterocycles. The van der Waals surface area contributed by atoms with Crippen molar-refractivity contribution in [1.82, 2.24) is 24.4 Å². The van der Waals surface area contributed by atoms with Gasteiger partial charge in [0, 0.05) is 37.7 Å². The van der Waals surface area contributed by atoms with Gasteiger partial charge in [-0.15, -0.1) is 0 Å². The lowest BCUT2D eigenvalue weighted by Crippen LogP contribution is -2.18. The molecule has 0 spiro atoms. The number of aromatic nitrogens is 4. The highest BCUT2D eigenvalue weighted by Crippen LogP contribution is 2.08. The molecule has 0 aliphatic heterocycles. The minimum atomic E-state index is 0.473. The Hall–Kier alpha value is -1.62. The van der Waals surface area contributed by atoms with Crippen LogP contribution in [0.15, 0.2) is 31.2 Å². The fourth-order valence-electron chi connectivity index (χ4n) is 2.11. The Morgan fingerprint density at radius 3 is 2.84 bits per heavy atom. The van der Waals surface area contributed by atoms with Crippen molar-refractivity contribution >= 4 is 0 Å². The number of nitrogens with zero attached hydrogens (tertiary/aromatic N) is 4. The van der Waals surface area contributed by atoms with Crippen LogP contribution in [0.2, 0.25) is 0 Å². The normalized spacial score (nSPS) is 11.3. The van der Waals surface area contributed by atoms with Gasteiger partial charge in [0.15, 0.2) is 0 Å². The minimum Gasteiger partial charge on any atom is -0.337 e. The quantitative estimate of drug-likeness (QED) is 0.741. The number of hydrogen-bond acceptors (Lipinski definition) is 3. The van der Waals surface area contributed by atoms with Gasteiger partial charge in [0.1, 0.15) is 0 Å². The lowest BCUT2D eigenvalue weighted by Gasteiger charge is -2.12. The van der Waals surface area contributed by atoms with E-state index < -0.39 is 0 Å². The van der Waals surface area contributed by atoms with Crippen LogP contribution in [0.1, 0.15) is 38.4 Å². The molecule has 0 saturated carbocycles. The first kappa shape index (κ1) is 13.8. The van der Waals surface area contributed by atoms with Crippen LogP contribution in [0.5, 0.6) is 0 Å². The lowest BCUT2D eigenvalue weighted by atomic mass is 10.3. The molecule has 0 saturated heterocycles. The van der Waals surface area contributed by atoms with Crippen LogP contribution in [0.3, 0.4) is 0 Å². The predicted octanol–water partition coefficient (Wildman–Crippen LogP) is 2.23. The van der Waals surface area contributed by atoms with Gasteiger partial charge in [-0.3, -0.25) is 0 Å². The van der Waals surface area contributed by atoms with Crippen molar-refractivity contribution in [3.8, 4) is 0 Å². The largest absolute Gasteiger partial charge is 0.337 e. The van der Waals surface area contributed by atoms with Gasteiger partial charge in [-0.25, -0.2) is 9.97 Å². The molecule has 0 atom stereocenters. The summed E-state index contributed by atoms with van der Waals surface area (Å²) in [6.07, 6.45) is 11.9. The fourth-order valence-corrected chi connectivity index (χ4v) is 2.11. The molecule has 104 valence electrons. The summed E-state index contributed by atoms with van der Waals surface area (Å²) in [6.45, 7) is 7.33. The number of nitrogens with one attached hydrogen (secondary N) is 1.